The molecule has 0 amide bonds. The summed E-state index contributed by atoms with van der Waals surface area (Å²) in [6, 6.07) is 6.63. The molecule has 6 heteroatoms. The van der Waals surface area contributed by atoms with Crippen molar-refractivity contribution in [1.29, 1.82) is 5.26 Å². The fourth-order valence-corrected chi connectivity index (χ4v) is 1.86. The number of hydrogen-bond acceptors (Lipinski definition) is 5. The SMILES string of the molecule is CCOC(=O)CC(C#N)(C(=O)OCC)c1ccc(F)cc1. The van der Waals surface area contributed by atoms with Gasteiger partial charge in [-0.15, -0.1) is 0 Å². The van der Waals surface area contributed by atoms with Crippen LogP contribution < -0.4 is 0 Å². The highest BCUT2D eigenvalue weighted by Gasteiger charge is 2.45. The van der Waals surface area contributed by atoms with Gasteiger partial charge < -0.3 is 9.47 Å². The van der Waals surface area contributed by atoms with E-state index in [-0.39, 0.29) is 18.8 Å². The van der Waals surface area contributed by atoms with Gasteiger partial charge in [0.15, 0.2) is 5.41 Å². The minimum Gasteiger partial charge on any atom is -0.466 e. The number of carbonyl (C=O) groups is 2. The van der Waals surface area contributed by atoms with Crippen LogP contribution in [0.3, 0.4) is 0 Å². The van der Waals surface area contributed by atoms with E-state index in [1.165, 1.54) is 12.1 Å². The fourth-order valence-electron chi connectivity index (χ4n) is 1.86. The van der Waals surface area contributed by atoms with Crippen LogP contribution in [-0.4, -0.2) is 25.2 Å². The van der Waals surface area contributed by atoms with Crippen LogP contribution in [0.5, 0.6) is 0 Å². The zero-order valence-corrected chi connectivity index (χ0v) is 11.9. The lowest BCUT2D eigenvalue weighted by Crippen LogP contribution is -2.39. The summed E-state index contributed by atoms with van der Waals surface area (Å²) in [4.78, 5) is 23.9. The number of hydrogen-bond donors (Lipinski definition) is 0. The van der Waals surface area contributed by atoms with E-state index in [2.05, 4.69) is 0 Å². The first kappa shape index (κ1) is 16.6. The molecule has 0 saturated carbocycles. The topological polar surface area (TPSA) is 76.4 Å². The van der Waals surface area contributed by atoms with E-state index in [0.717, 1.165) is 12.1 Å². The Balaban J connectivity index is 3.25. The van der Waals surface area contributed by atoms with Gasteiger partial charge in [-0.3, -0.25) is 4.79 Å². The second-order valence-electron chi connectivity index (χ2n) is 4.23. The maximum atomic E-state index is 13.0. The minimum atomic E-state index is -1.84. The third-order valence-corrected chi connectivity index (χ3v) is 2.87. The molecule has 0 bridgehead atoms. The van der Waals surface area contributed by atoms with Crippen molar-refractivity contribution in [3.63, 3.8) is 0 Å². The van der Waals surface area contributed by atoms with Crippen LogP contribution in [0.1, 0.15) is 25.8 Å². The minimum absolute atomic E-state index is 0.0618. The number of halogens is 1. The van der Waals surface area contributed by atoms with Crippen LogP contribution in [0.4, 0.5) is 4.39 Å². The normalized spacial score (nSPS) is 12.9. The smallest absolute Gasteiger partial charge is 0.331 e. The molecule has 5 nitrogen and oxygen atoms in total. The number of rotatable bonds is 6. The summed E-state index contributed by atoms with van der Waals surface area (Å²) < 4.78 is 22.7. The lowest BCUT2D eigenvalue weighted by Gasteiger charge is -2.23. The summed E-state index contributed by atoms with van der Waals surface area (Å²) in [6.45, 7) is 3.40. The highest BCUT2D eigenvalue weighted by molar-refractivity contribution is 5.92. The average Bonchev–Trinajstić information content (AvgIpc) is 2.46. The molecular formula is C15H16FNO4. The Hall–Kier alpha value is -2.42. The predicted octanol–water partition coefficient (Wildman–Crippen LogP) is 2.10. The van der Waals surface area contributed by atoms with Crippen molar-refractivity contribution >= 4 is 11.9 Å². The van der Waals surface area contributed by atoms with Gasteiger partial charge in [0, 0.05) is 0 Å². The zero-order valence-electron chi connectivity index (χ0n) is 11.9. The molecule has 0 fully saturated rings. The molecule has 0 spiro atoms. The molecule has 1 aromatic rings. The van der Waals surface area contributed by atoms with Crippen LogP contribution in [0.25, 0.3) is 0 Å². The van der Waals surface area contributed by atoms with Crippen LogP contribution in [-0.2, 0) is 24.5 Å². The van der Waals surface area contributed by atoms with E-state index in [1.54, 1.807) is 13.8 Å². The maximum Gasteiger partial charge on any atom is 0.331 e. The second-order valence-corrected chi connectivity index (χ2v) is 4.23. The quantitative estimate of drug-likeness (QED) is 0.751. The number of nitrogens with zero attached hydrogens (tertiary/aromatic N) is 1. The predicted molar refractivity (Wildman–Crippen MR) is 71.6 cm³/mol. The summed E-state index contributed by atoms with van der Waals surface area (Å²) in [5.41, 5.74) is -1.64. The summed E-state index contributed by atoms with van der Waals surface area (Å²) in [6.07, 6.45) is -0.484. The average molecular weight is 293 g/mol. The number of benzene rings is 1. The molecule has 0 aliphatic heterocycles. The van der Waals surface area contributed by atoms with Crippen LogP contribution in [0.2, 0.25) is 0 Å². The summed E-state index contributed by atoms with van der Waals surface area (Å²) in [5, 5.41) is 9.46. The number of carbonyl (C=O) groups excluding carboxylic acids is 2. The highest BCUT2D eigenvalue weighted by Crippen LogP contribution is 2.30. The van der Waals surface area contributed by atoms with E-state index >= 15 is 0 Å². The van der Waals surface area contributed by atoms with E-state index in [1.807, 2.05) is 6.07 Å². The molecule has 0 heterocycles. The third-order valence-electron chi connectivity index (χ3n) is 2.87. The third kappa shape index (κ3) is 3.78. The van der Waals surface area contributed by atoms with Gasteiger partial charge in [-0.1, -0.05) is 12.1 Å². The van der Waals surface area contributed by atoms with E-state index in [4.69, 9.17) is 9.47 Å². The molecule has 1 unspecified atom stereocenters. The Bertz CT molecular complexity index is 550. The lowest BCUT2D eigenvalue weighted by molar-refractivity contribution is -0.154. The molecule has 0 aliphatic carbocycles. The first-order valence-electron chi connectivity index (χ1n) is 6.50. The molecule has 21 heavy (non-hydrogen) atoms. The molecule has 1 rings (SSSR count). The van der Waals surface area contributed by atoms with Gasteiger partial charge in [0.25, 0.3) is 0 Å². The summed E-state index contributed by atoms with van der Waals surface area (Å²) in [7, 11) is 0. The molecule has 112 valence electrons. The van der Waals surface area contributed by atoms with Gasteiger partial charge in [-0.05, 0) is 31.5 Å². The van der Waals surface area contributed by atoms with Gasteiger partial charge in [-0.2, -0.15) is 5.26 Å². The Labute approximate surface area is 122 Å². The van der Waals surface area contributed by atoms with E-state index in [0.29, 0.717) is 0 Å². The van der Waals surface area contributed by atoms with Gasteiger partial charge >= 0.3 is 11.9 Å². The molecular weight excluding hydrogens is 277 g/mol. The van der Waals surface area contributed by atoms with Gasteiger partial charge in [0.1, 0.15) is 5.82 Å². The molecule has 0 radical (unpaired) electrons. The maximum absolute atomic E-state index is 13.0. The molecule has 1 aromatic carbocycles. The van der Waals surface area contributed by atoms with Crippen LogP contribution in [0, 0.1) is 17.1 Å². The van der Waals surface area contributed by atoms with Gasteiger partial charge in [0.05, 0.1) is 25.7 Å². The van der Waals surface area contributed by atoms with Gasteiger partial charge in [0.2, 0.25) is 0 Å². The first-order valence-corrected chi connectivity index (χ1v) is 6.50. The lowest BCUT2D eigenvalue weighted by atomic mass is 9.79. The Morgan fingerprint density at radius 3 is 2.24 bits per heavy atom. The molecule has 0 N–H and O–H groups in total. The largest absolute Gasteiger partial charge is 0.466 e. The van der Waals surface area contributed by atoms with Gasteiger partial charge in [-0.25, -0.2) is 9.18 Å². The Morgan fingerprint density at radius 2 is 1.76 bits per heavy atom. The number of esters is 2. The Morgan fingerprint density at radius 1 is 1.19 bits per heavy atom. The monoisotopic (exact) mass is 293 g/mol. The zero-order chi connectivity index (χ0) is 15.9. The summed E-state index contributed by atoms with van der Waals surface area (Å²) >= 11 is 0. The van der Waals surface area contributed by atoms with Crippen molar-refractivity contribution in [2.24, 2.45) is 0 Å². The van der Waals surface area contributed by atoms with E-state index < -0.39 is 29.6 Å². The van der Waals surface area contributed by atoms with Crippen molar-refractivity contribution in [1.82, 2.24) is 0 Å². The standard InChI is InChI=1S/C15H16FNO4/c1-3-20-13(18)9-15(10-17,14(19)21-4-2)11-5-7-12(16)8-6-11/h5-8H,3-4,9H2,1-2H3. The van der Waals surface area contributed by atoms with E-state index in [9.17, 15) is 19.2 Å². The van der Waals surface area contributed by atoms with Crippen LogP contribution in [0.15, 0.2) is 24.3 Å². The van der Waals surface area contributed by atoms with Crippen molar-refractivity contribution < 1.29 is 23.5 Å². The van der Waals surface area contributed by atoms with Crippen molar-refractivity contribution in [3.8, 4) is 6.07 Å². The summed E-state index contributed by atoms with van der Waals surface area (Å²) in [5.74, 6) is -2.06. The van der Waals surface area contributed by atoms with Crippen molar-refractivity contribution in [3.05, 3.63) is 35.6 Å². The molecule has 0 saturated heterocycles. The number of nitriles is 1. The molecule has 1 atom stereocenters. The van der Waals surface area contributed by atoms with Crippen LogP contribution >= 0.6 is 0 Å². The van der Waals surface area contributed by atoms with Crippen molar-refractivity contribution in [2.75, 3.05) is 13.2 Å². The fraction of sp³-hybridized carbons (Fsp3) is 0.400. The molecule has 0 aromatic heterocycles. The molecule has 0 aliphatic rings. The number of ether oxygens (including phenoxy) is 2. The van der Waals surface area contributed by atoms with Crippen molar-refractivity contribution in [2.45, 2.75) is 25.7 Å². The Kier molecular flexibility index (Phi) is 5.85. The highest BCUT2D eigenvalue weighted by atomic mass is 19.1. The second kappa shape index (κ2) is 7.39. The first-order chi connectivity index (χ1) is 10.00.